The molecule has 2 aromatic rings. The number of aromatic nitrogens is 2. The van der Waals surface area contributed by atoms with Gasteiger partial charge in [0.25, 0.3) is 11.5 Å². The minimum atomic E-state index is -0.315. The van der Waals surface area contributed by atoms with Gasteiger partial charge in [-0.15, -0.1) is 0 Å². The fourth-order valence-electron chi connectivity index (χ4n) is 2.73. The van der Waals surface area contributed by atoms with Gasteiger partial charge in [0.2, 0.25) is 0 Å². The molecule has 0 bridgehead atoms. The molecule has 1 N–H and O–H groups in total. The Hall–Kier alpha value is -2.37. The molecular formula is C15H17N3O3. The second kappa shape index (κ2) is 5.95. The molecule has 0 saturated carbocycles. The number of furan rings is 1. The summed E-state index contributed by atoms with van der Waals surface area (Å²) >= 11 is 0. The van der Waals surface area contributed by atoms with Crippen LogP contribution >= 0.6 is 0 Å². The third-order valence-electron chi connectivity index (χ3n) is 3.78. The van der Waals surface area contributed by atoms with Crippen molar-refractivity contribution in [2.75, 3.05) is 6.54 Å². The Morgan fingerprint density at radius 3 is 3.00 bits per heavy atom. The Balaban J connectivity index is 1.90. The van der Waals surface area contributed by atoms with Crippen molar-refractivity contribution >= 4 is 5.91 Å². The molecule has 1 fully saturated rings. The summed E-state index contributed by atoms with van der Waals surface area (Å²) in [5.74, 6) is 0.629. The van der Waals surface area contributed by atoms with Crippen molar-refractivity contribution in [3.63, 3.8) is 0 Å². The molecule has 1 saturated heterocycles. The van der Waals surface area contributed by atoms with Gasteiger partial charge in [-0.2, -0.15) is 0 Å². The van der Waals surface area contributed by atoms with Gasteiger partial charge in [-0.05, 0) is 25.0 Å². The van der Waals surface area contributed by atoms with Gasteiger partial charge in [-0.3, -0.25) is 9.59 Å². The fourth-order valence-corrected chi connectivity index (χ4v) is 2.73. The van der Waals surface area contributed by atoms with Crippen LogP contribution in [0.4, 0.5) is 0 Å². The number of H-pyrrole nitrogens is 1. The highest BCUT2D eigenvalue weighted by atomic mass is 16.3. The number of hydrogen-bond donors (Lipinski definition) is 1. The third-order valence-corrected chi connectivity index (χ3v) is 3.78. The standard InChI is InChI=1S/C15H17N3O3/c19-14-10-16-11(9-17-14)15(20)18-7-3-1-2-5-12(18)13-6-4-8-21-13/h4,6,8-10,12H,1-3,5,7H2,(H,17,19)/t12-/m0/s1. The van der Waals surface area contributed by atoms with Crippen molar-refractivity contribution in [1.29, 1.82) is 0 Å². The number of nitrogens with one attached hydrogen (secondary N) is 1. The van der Waals surface area contributed by atoms with Crippen molar-refractivity contribution < 1.29 is 9.21 Å². The lowest BCUT2D eigenvalue weighted by atomic mass is 10.1. The van der Waals surface area contributed by atoms with Crippen molar-refractivity contribution in [2.45, 2.75) is 31.7 Å². The smallest absolute Gasteiger partial charge is 0.274 e. The van der Waals surface area contributed by atoms with Gasteiger partial charge >= 0.3 is 0 Å². The Bertz CT molecular complexity index is 643. The molecule has 3 rings (SSSR count). The number of aromatic amines is 1. The number of rotatable bonds is 2. The molecule has 6 nitrogen and oxygen atoms in total. The highest BCUT2D eigenvalue weighted by Crippen LogP contribution is 2.31. The topological polar surface area (TPSA) is 79.2 Å². The zero-order valence-electron chi connectivity index (χ0n) is 11.6. The second-order valence-corrected chi connectivity index (χ2v) is 5.18. The van der Waals surface area contributed by atoms with Crippen LogP contribution in [0.5, 0.6) is 0 Å². The van der Waals surface area contributed by atoms with E-state index >= 15 is 0 Å². The fraction of sp³-hybridized carbons (Fsp3) is 0.400. The Labute approximate surface area is 121 Å². The first-order valence-corrected chi connectivity index (χ1v) is 7.15. The van der Waals surface area contributed by atoms with Crippen LogP contribution in [-0.4, -0.2) is 27.3 Å². The van der Waals surface area contributed by atoms with E-state index in [0.29, 0.717) is 6.54 Å². The summed E-state index contributed by atoms with van der Waals surface area (Å²) < 4.78 is 5.49. The molecule has 21 heavy (non-hydrogen) atoms. The molecule has 1 amide bonds. The van der Waals surface area contributed by atoms with Crippen molar-refractivity contribution in [3.8, 4) is 0 Å². The molecule has 3 heterocycles. The van der Waals surface area contributed by atoms with Crippen LogP contribution in [0, 0.1) is 0 Å². The second-order valence-electron chi connectivity index (χ2n) is 5.18. The van der Waals surface area contributed by atoms with E-state index in [1.54, 1.807) is 11.2 Å². The first kappa shape index (κ1) is 13.6. The predicted molar refractivity (Wildman–Crippen MR) is 75.8 cm³/mol. The van der Waals surface area contributed by atoms with Crippen molar-refractivity contribution in [1.82, 2.24) is 14.9 Å². The number of carbonyl (C=O) groups excluding carboxylic acids is 1. The van der Waals surface area contributed by atoms with E-state index in [9.17, 15) is 9.59 Å². The first-order chi connectivity index (χ1) is 10.3. The maximum absolute atomic E-state index is 12.7. The quantitative estimate of drug-likeness (QED) is 0.917. The maximum Gasteiger partial charge on any atom is 0.274 e. The average Bonchev–Trinajstić information content (AvgIpc) is 2.92. The van der Waals surface area contributed by atoms with Crippen LogP contribution in [0.15, 0.2) is 40.0 Å². The average molecular weight is 287 g/mol. The molecule has 0 radical (unpaired) electrons. The lowest BCUT2D eigenvalue weighted by Gasteiger charge is -2.28. The molecule has 0 spiro atoms. The summed E-state index contributed by atoms with van der Waals surface area (Å²) in [5, 5.41) is 0. The van der Waals surface area contributed by atoms with Gasteiger partial charge < -0.3 is 14.3 Å². The molecular weight excluding hydrogens is 270 g/mol. The molecule has 0 unspecified atom stereocenters. The van der Waals surface area contributed by atoms with E-state index in [1.807, 2.05) is 12.1 Å². The normalized spacial score (nSPS) is 19.2. The van der Waals surface area contributed by atoms with Gasteiger partial charge in [-0.1, -0.05) is 12.8 Å². The van der Waals surface area contributed by atoms with Gasteiger partial charge in [0.05, 0.1) is 18.5 Å². The van der Waals surface area contributed by atoms with Gasteiger partial charge in [0.15, 0.2) is 0 Å². The lowest BCUT2D eigenvalue weighted by molar-refractivity contribution is 0.0652. The third kappa shape index (κ3) is 2.89. The van der Waals surface area contributed by atoms with Crippen LogP contribution in [0.3, 0.4) is 0 Å². The van der Waals surface area contributed by atoms with Crippen molar-refractivity contribution in [2.24, 2.45) is 0 Å². The Morgan fingerprint density at radius 2 is 2.29 bits per heavy atom. The van der Waals surface area contributed by atoms with Crippen LogP contribution in [-0.2, 0) is 0 Å². The first-order valence-electron chi connectivity index (χ1n) is 7.15. The minimum absolute atomic E-state index is 0.0660. The highest BCUT2D eigenvalue weighted by molar-refractivity contribution is 5.92. The van der Waals surface area contributed by atoms with Crippen LogP contribution in [0.25, 0.3) is 0 Å². The number of hydrogen-bond acceptors (Lipinski definition) is 4. The Kier molecular flexibility index (Phi) is 3.85. The summed E-state index contributed by atoms with van der Waals surface area (Å²) in [4.78, 5) is 32.0. The molecule has 0 aromatic carbocycles. The number of carbonyl (C=O) groups is 1. The van der Waals surface area contributed by atoms with E-state index in [4.69, 9.17) is 4.42 Å². The molecule has 1 aliphatic rings. The summed E-state index contributed by atoms with van der Waals surface area (Å²) in [6.45, 7) is 0.672. The van der Waals surface area contributed by atoms with E-state index < -0.39 is 0 Å². The number of nitrogens with zero attached hydrogens (tertiary/aromatic N) is 2. The summed E-state index contributed by atoms with van der Waals surface area (Å²) in [6, 6.07) is 3.67. The SMILES string of the molecule is O=C(c1c[nH]c(=O)cn1)N1CCCCC[C@H]1c1ccco1. The van der Waals surface area contributed by atoms with E-state index in [1.165, 1.54) is 6.20 Å². The minimum Gasteiger partial charge on any atom is -0.467 e. The summed E-state index contributed by atoms with van der Waals surface area (Å²) in [6.07, 6.45) is 8.13. The lowest BCUT2D eigenvalue weighted by Crippen LogP contribution is -2.35. The molecule has 2 aromatic heterocycles. The zero-order valence-corrected chi connectivity index (χ0v) is 11.6. The van der Waals surface area contributed by atoms with E-state index in [-0.39, 0.29) is 23.2 Å². The number of likely N-dealkylation sites (tertiary alicyclic amines) is 1. The van der Waals surface area contributed by atoms with E-state index in [0.717, 1.165) is 37.6 Å². The Morgan fingerprint density at radius 1 is 1.38 bits per heavy atom. The van der Waals surface area contributed by atoms with Crippen LogP contribution < -0.4 is 5.56 Å². The largest absolute Gasteiger partial charge is 0.467 e. The van der Waals surface area contributed by atoms with Crippen molar-refractivity contribution in [3.05, 3.63) is 52.6 Å². The molecule has 1 aliphatic heterocycles. The molecule has 6 heteroatoms. The van der Waals surface area contributed by atoms with Gasteiger partial charge in [0.1, 0.15) is 11.5 Å². The summed E-state index contributed by atoms with van der Waals surface area (Å²) in [5.41, 5.74) is -0.0574. The van der Waals surface area contributed by atoms with Gasteiger partial charge in [0, 0.05) is 12.7 Å². The van der Waals surface area contributed by atoms with Crippen LogP contribution in [0.1, 0.15) is 48.0 Å². The van der Waals surface area contributed by atoms with Gasteiger partial charge in [-0.25, -0.2) is 4.98 Å². The monoisotopic (exact) mass is 287 g/mol. The van der Waals surface area contributed by atoms with Crippen LogP contribution in [0.2, 0.25) is 0 Å². The zero-order chi connectivity index (χ0) is 14.7. The number of amides is 1. The summed E-state index contributed by atoms with van der Waals surface area (Å²) in [7, 11) is 0. The van der Waals surface area contributed by atoms with E-state index in [2.05, 4.69) is 9.97 Å². The molecule has 110 valence electrons. The molecule has 1 atom stereocenters. The molecule has 0 aliphatic carbocycles. The highest BCUT2D eigenvalue weighted by Gasteiger charge is 2.29. The predicted octanol–water partition coefficient (Wildman–Crippen LogP) is 2.12. The maximum atomic E-state index is 12.7.